The number of nitrogens with zero attached hydrogens (tertiary/aromatic N) is 1. The summed E-state index contributed by atoms with van der Waals surface area (Å²) in [6.45, 7) is 7.15. The topological polar surface area (TPSA) is 58.6 Å². The molecule has 0 saturated carbocycles. The van der Waals surface area contributed by atoms with Crippen molar-refractivity contribution >= 4 is 17.6 Å². The van der Waals surface area contributed by atoms with E-state index in [1.807, 2.05) is 18.2 Å². The van der Waals surface area contributed by atoms with Crippen molar-refractivity contribution in [3.8, 4) is 0 Å². The lowest BCUT2D eigenvalue weighted by Gasteiger charge is -2.17. The molecule has 28 heavy (non-hydrogen) atoms. The number of benzene rings is 2. The minimum Gasteiger partial charge on any atom is -0.461 e. The van der Waals surface area contributed by atoms with E-state index in [0.717, 1.165) is 32.5 Å². The molecule has 0 aliphatic carbocycles. The van der Waals surface area contributed by atoms with E-state index in [4.69, 9.17) is 4.74 Å². The van der Waals surface area contributed by atoms with Crippen LogP contribution in [0.2, 0.25) is 0 Å². The van der Waals surface area contributed by atoms with Gasteiger partial charge in [-0.25, -0.2) is 4.79 Å². The summed E-state index contributed by atoms with van der Waals surface area (Å²) in [5, 5.41) is 2.87. The molecule has 0 saturated heterocycles. The summed E-state index contributed by atoms with van der Waals surface area (Å²) in [5.41, 5.74) is 2.41. The lowest BCUT2D eigenvalue weighted by molar-refractivity contribution is -0.116. The predicted octanol–water partition coefficient (Wildman–Crippen LogP) is 4.15. The molecule has 0 spiro atoms. The molecule has 0 radical (unpaired) electrons. The molecule has 5 heteroatoms. The second-order valence-electron chi connectivity index (χ2n) is 6.63. The fourth-order valence-corrected chi connectivity index (χ4v) is 2.90. The Kier molecular flexibility index (Phi) is 9.22. The fourth-order valence-electron chi connectivity index (χ4n) is 2.90. The number of hydrogen-bond donors (Lipinski definition) is 1. The Labute approximate surface area is 167 Å². The van der Waals surface area contributed by atoms with Gasteiger partial charge in [-0.15, -0.1) is 0 Å². The number of rotatable bonds is 11. The van der Waals surface area contributed by atoms with Crippen LogP contribution in [-0.4, -0.2) is 43.0 Å². The number of esters is 1. The molecule has 0 atom stereocenters. The first-order chi connectivity index (χ1) is 13.6. The molecule has 0 aliphatic heterocycles. The van der Waals surface area contributed by atoms with Gasteiger partial charge in [-0.2, -0.15) is 0 Å². The Balaban J connectivity index is 1.72. The summed E-state index contributed by atoms with van der Waals surface area (Å²) < 4.78 is 5.31. The third-order valence-electron chi connectivity index (χ3n) is 4.65. The highest BCUT2D eigenvalue weighted by Crippen LogP contribution is 2.12. The van der Waals surface area contributed by atoms with Crippen LogP contribution < -0.4 is 5.32 Å². The number of likely N-dealkylation sites (N-methyl/N-ethyl adjacent to an activating group) is 1. The Morgan fingerprint density at radius 3 is 2.29 bits per heavy atom. The number of ether oxygens (including phenoxy) is 1. The molecule has 150 valence electrons. The first-order valence-corrected chi connectivity index (χ1v) is 9.95. The Bertz CT molecular complexity index is 725. The van der Waals surface area contributed by atoms with Crippen molar-refractivity contribution in [3.63, 3.8) is 0 Å². The van der Waals surface area contributed by atoms with Gasteiger partial charge >= 0.3 is 5.97 Å². The third kappa shape index (κ3) is 7.53. The maximum Gasteiger partial charge on any atom is 0.338 e. The highest BCUT2D eigenvalue weighted by atomic mass is 16.5. The van der Waals surface area contributed by atoms with Crippen molar-refractivity contribution in [2.75, 3.05) is 31.6 Å². The van der Waals surface area contributed by atoms with E-state index in [-0.39, 0.29) is 11.9 Å². The molecule has 5 nitrogen and oxygen atoms in total. The summed E-state index contributed by atoms with van der Waals surface area (Å²) in [6, 6.07) is 17.0. The Morgan fingerprint density at radius 1 is 0.964 bits per heavy atom. The van der Waals surface area contributed by atoms with E-state index in [1.165, 1.54) is 5.56 Å². The molecule has 0 heterocycles. The van der Waals surface area contributed by atoms with E-state index < -0.39 is 0 Å². The molecular weight excluding hydrogens is 352 g/mol. The highest BCUT2D eigenvalue weighted by Gasteiger charge is 2.09. The van der Waals surface area contributed by atoms with Gasteiger partial charge in [0.05, 0.1) is 5.56 Å². The lowest BCUT2D eigenvalue weighted by Crippen LogP contribution is -2.27. The summed E-state index contributed by atoms with van der Waals surface area (Å²) in [7, 11) is 0. The molecule has 2 aromatic rings. The largest absolute Gasteiger partial charge is 0.461 e. The van der Waals surface area contributed by atoms with Crippen molar-refractivity contribution < 1.29 is 14.3 Å². The summed E-state index contributed by atoms with van der Waals surface area (Å²) in [4.78, 5) is 26.4. The fraction of sp³-hybridized carbons (Fsp3) is 0.391. The average molecular weight is 383 g/mol. The van der Waals surface area contributed by atoms with Gasteiger partial charge in [-0.05, 0) is 55.8 Å². The van der Waals surface area contributed by atoms with Gasteiger partial charge in [0.2, 0.25) is 5.91 Å². The van der Waals surface area contributed by atoms with Gasteiger partial charge in [0.1, 0.15) is 6.61 Å². The van der Waals surface area contributed by atoms with E-state index in [1.54, 1.807) is 24.3 Å². The molecule has 0 unspecified atom stereocenters. The normalized spacial score (nSPS) is 10.7. The van der Waals surface area contributed by atoms with Gasteiger partial charge in [0.15, 0.2) is 0 Å². The van der Waals surface area contributed by atoms with Crippen LogP contribution in [0.3, 0.4) is 0 Å². The van der Waals surface area contributed by atoms with Crippen LogP contribution in [0.5, 0.6) is 0 Å². The lowest BCUT2D eigenvalue weighted by atomic mass is 10.1. The quantitative estimate of drug-likeness (QED) is 0.593. The van der Waals surface area contributed by atoms with Crippen molar-refractivity contribution in [1.29, 1.82) is 0 Å². The maximum atomic E-state index is 12.1. The van der Waals surface area contributed by atoms with Crippen molar-refractivity contribution in [2.24, 2.45) is 0 Å². The van der Waals surface area contributed by atoms with Gasteiger partial charge in [-0.3, -0.25) is 4.79 Å². The number of nitrogens with one attached hydrogen (secondary N) is 1. The van der Waals surface area contributed by atoms with E-state index in [2.05, 4.69) is 36.2 Å². The molecule has 2 aromatic carbocycles. The van der Waals surface area contributed by atoms with Crippen LogP contribution in [0, 0.1) is 0 Å². The van der Waals surface area contributed by atoms with Crippen LogP contribution in [0.25, 0.3) is 0 Å². The molecule has 0 fully saturated rings. The van der Waals surface area contributed by atoms with Gasteiger partial charge in [0, 0.05) is 18.7 Å². The van der Waals surface area contributed by atoms with Gasteiger partial charge in [0.25, 0.3) is 0 Å². The monoisotopic (exact) mass is 382 g/mol. The number of anilines is 1. The number of aryl methyl sites for hydroxylation is 1. The maximum absolute atomic E-state index is 12.1. The molecule has 0 aliphatic rings. The molecule has 2 rings (SSSR count). The predicted molar refractivity (Wildman–Crippen MR) is 113 cm³/mol. The zero-order valence-corrected chi connectivity index (χ0v) is 16.8. The molecule has 1 amide bonds. The zero-order valence-electron chi connectivity index (χ0n) is 16.8. The summed E-state index contributed by atoms with van der Waals surface area (Å²) in [6.07, 6.45) is 2.14. The standard InChI is InChI=1S/C23H30N2O3/c1-3-25(4-2)17-18-28-23(27)20-13-15-21(16-14-20)24-22(26)12-8-11-19-9-6-5-7-10-19/h5-7,9-10,13-16H,3-4,8,11-12,17-18H2,1-2H3,(H,24,26). The van der Waals surface area contributed by atoms with Gasteiger partial charge < -0.3 is 15.0 Å². The van der Waals surface area contributed by atoms with Crippen LogP contribution in [0.4, 0.5) is 5.69 Å². The van der Waals surface area contributed by atoms with E-state index >= 15 is 0 Å². The van der Waals surface area contributed by atoms with Crippen molar-refractivity contribution in [3.05, 3.63) is 65.7 Å². The molecular formula is C23H30N2O3. The first kappa shape index (κ1) is 21.6. The van der Waals surface area contributed by atoms with Crippen LogP contribution in [-0.2, 0) is 16.0 Å². The third-order valence-corrected chi connectivity index (χ3v) is 4.65. The number of hydrogen-bond acceptors (Lipinski definition) is 4. The van der Waals surface area contributed by atoms with Crippen molar-refractivity contribution in [2.45, 2.75) is 33.1 Å². The summed E-state index contributed by atoms with van der Waals surface area (Å²) in [5.74, 6) is -0.363. The number of carbonyl (C=O) groups is 2. The van der Waals surface area contributed by atoms with Crippen LogP contribution >= 0.6 is 0 Å². The zero-order chi connectivity index (χ0) is 20.2. The molecule has 0 aromatic heterocycles. The number of amides is 1. The minimum atomic E-state index is -0.340. The second-order valence-corrected chi connectivity index (χ2v) is 6.63. The van der Waals surface area contributed by atoms with Crippen LogP contribution in [0.15, 0.2) is 54.6 Å². The first-order valence-electron chi connectivity index (χ1n) is 9.95. The average Bonchev–Trinajstić information content (AvgIpc) is 2.72. The Hall–Kier alpha value is -2.66. The molecule has 0 bridgehead atoms. The van der Waals surface area contributed by atoms with E-state index in [9.17, 15) is 9.59 Å². The van der Waals surface area contributed by atoms with E-state index in [0.29, 0.717) is 24.3 Å². The highest BCUT2D eigenvalue weighted by molar-refractivity contribution is 5.93. The van der Waals surface area contributed by atoms with Gasteiger partial charge in [-0.1, -0.05) is 44.2 Å². The van der Waals surface area contributed by atoms with Crippen LogP contribution in [0.1, 0.15) is 42.6 Å². The molecule has 1 N–H and O–H groups in total. The smallest absolute Gasteiger partial charge is 0.338 e. The summed E-state index contributed by atoms with van der Waals surface area (Å²) >= 11 is 0. The SMILES string of the molecule is CCN(CC)CCOC(=O)c1ccc(NC(=O)CCCc2ccccc2)cc1. The minimum absolute atomic E-state index is 0.0227. The van der Waals surface area contributed by atoms with Crippen molar-refractivity contribution in [1.82, 2.24) is 4.90 Å². The Morgan fingerprint density at radius 2 is 1.64 bits per heavy atom. The second kappa shape index (κ2) is 11.9. The number of carbonyl (C=O) groups excluding carboxylic acids is 2.